The summed E-state index contributed by atoms with van der Waals surface area (Å²) in [6.07, 6.45) is 0. The Bertz CT molecular complexity index is 946. The van der Waals surface area contributed by atoms with E-state index in [2.05, 4.69) is 10.1 Å². The van der Waals surface area contributed by atoms with E-state index in [-0.39, 0.29) is 18.8 Å². The second-order valence-electron chi connectivity index (χ2n) is 6.06. The van der Waals surface area contributed by atoms with Crippen LogP contribution in [0.25, 0.3) is 0 Å². The van der Waals surface area contributed by atoms with Gasteiger partial charge in [-0.05, 0) is 12.1 Å². The van der Waals surface area contributed by atoms with Crippen LogP contribution >= 0.6 is 0 Å². The lowest BCUT2D eigenvalue weighted by atomic mass is 10.2. The van der Waals surface area contributed by atoms with Crippen molar-refractivity contribution in [2.24, 2.45) is 0 Å². The van der Waals surface area contributed by atoms with E-state index in [1.54, 1.807) is 14.1 Å². The van der Waals surface area contributed by atoms with Crippen LogP contribution in [-0.2, 0) is 24.3 Å². The molecule has 1 aliphatic rings. The maximum atomic E-state index is 12.3. The first-order valence-electron chi connectivity index (χ1n) is 8.22. The Morgan fingerprint density at radius 1 is 1.38 bits per heavy atom. The summed E-state index contributed by atoms with van der Waals surface area (Å²) in [4.78, 5) is 47.2. The third-order valence-electron chi connectivity index (χ3n) is 3.86. The van der Waals surface area contributed by atoms with E-state index in [0.717, 1.165) is 17.0 Å². The molecule has 0 saturated carbocycles. The molecular weight excluding hydrogens is 410 g/mol. The topological polar surface area (TPSA) is 168 Å². The van der Waals surface area contributed by atoms with Crippen molar-refractivity contribution in [1.82, 2.24) is 14.9 Å². The summed E-state index contributed by atoms with van der Waals surface area (Å²) in [6, 6.07) is 2.70. The van der Waals surface area contributed by atoms with E-state index >= 15 is 0 Å². The first kappa shape index (κ1) is 22.0. The maximum absolute atomic E-state index is 12.3. The highest BCUT2D eigenvalue weighted by Crippen LogP contribution is 2.29. The lowest BCUT2D eigenvalue weighted by Crippen LogP contribution is -2.38. The Morgan fingerprint density at radius 2 is 2.07 bits per heavy atom. The summed E-state index contributed by atoms with van der Waals surface area (Å²) in [7, 11) is -1.12. The number of sulfonamides is 1. The Kier molecular flexibility index (Phi) is 6.71. The number of esters is 1. The van der Waals surface area contributed by atoms with Crippen LogP contribution in [0.4, 0.5) is 16.2 Å². The van der Waals surface area contributed by atoms with Gasteiger partial charge in [-0.15, -0.1) is 0 Å². The standard InChI is InChI=1S/C15H19N5O8S/c1-18(2)11-4-3-10(7-12(11)20(24)25)29(26,27)17-8-14(22)28-9-13(21)19-6-5-16-15(19)23/h3-4,7,17H,5-6,8-9H2,1-2H3,(H,16,23). The van der Waals surface area contributed by atoms with Crippen LogP contribution in [0.1, 0.15) is 0 Å². The lowest BCUT2D eigenvalue weighted by molar-refractivity contribution is -0.384. The maximum Gasteiger partial charge on any atom is 0.324 e. The number of nitro groups is 1. The smallest absolute Gasteiger partial charge is 0.324 e. The molecular formula is C15H19N5O8S. The molecule has 0 unspecified atom stereocenters. The van der Waals surface area contributed by atoms with Crippen LogP contribution in [0.3, 0.4) is 0 Å². The van der Waals surface area contributed by atoms with E-state index in [9.17, 15) is 32.9 Å². The number of nitro benzene ring substituents is 1. The number of nitrogens with one attached hydrogen (secondary N) is 2. The summed E-state index contributed by atoms with van der Waals surface area (Å²) < 4.78 is 31.2. The molecule has 0 atom stereocenters. The molecule has 14 heteroatoms. The van der Waals surface area contributed by atoms with Crippen LogP contribution in [0.15, 0.2) is 23.1 Å². The molecule has 2 rings (SSSR count). The fraction of sp³-hybridized carbons (Fsp3) is 0.400. The van der Waals surface area contributed by atoms with Gasteiger partial charge in [-0.1, -0.05) is 0 Å². The molecule has 3 amide bonds. The number of urea groups is 1. The second kappa shape index (κ2) is 8.83. The number of carbonyl (C=O) groups is 3. The molecule has 1 aromatic rings. The van der Waals surface area contributed by atoms with E-state index in [1.165, 1.54) is 11.0 Å². The minimum Gasteiger partial charge on any atom is -0.455 e. The van der Waals surface area contributed by atoms with Gasteiger partial charge in [0.05, 0.1) is 9.82 Å². The first-order chi connectivity index (χ1) is 13.5. The predicted octanol–water partition coefficient (Wildman–Crippen LogP) is -0.966. The SMILES string of the molecule is CN(C)c1ccc(S(=O)(=O)NCC(=O)OCC(=O)N2CCNC2=O)cc1[N+](=O)[O-]. The number of hydrogen-bond acceptors (Lipinski definition) is 9. The molecule has 158 valence electrons. The van der Waals surface area contributed by atoms with Gasteiger partial charge in [-0.2, -0.15) is 4.72 Å². The fourth-order valence-electron chi connectivity index (χ4n) is 2.41. The van der Waals surface area contributed by atoms with Gasteiger partial charge in [-0.25, -0.2) is 13.2 Å². The number of hydrogen-bond donors (Lipinski definition) is 2. The van der Waals surface area contributed by atoms with Crippen LogP contribution < -0.4 is 14.9 Å². The number of ether oxygens (including phenoxy) is 1. The van der Waals surface area contributed by atoms with Gasteiger partial charge >= 0.3 is 12.0 Å². The van der Waals surface area contributed by atoms with Crippen molar-refractivity contribution in [3.8, 4) is 0 Å². The molecule has 0 radical (unpaired) electrons. The van der Waals surface area contributed by atoms with Crippen molar-refractivity contribution in [2.45, 2.75) is 4.90 Å². The van der Waals surface area contributed by atoms with Gasteiger partial charge in [0, 0.05) is 33.3 Å². The average Bonchev–Trinajstić information content (AvgIpc) is 3.09. The quantitative estimate of drug-likeness (QED) is 0.300. The Hall–Kier alpha value is -3.26. The second-order valence-corrected chi connectivity index (χ2v) is 7.83. The summed E-state index contributed by atoms with van der Waals surface area (Å²) in [5, 5.41) is 13.6. The van der Waals surface area contributed by atoms with Crippen LogP contribution in [-0.4, -0.2) is 76.5 Å². The first-order valence-corrected chi connectivity index (χ1v) is 9.70. The molecule has 1 aromatic carbocycles. The minimum absolute atomic E-state index is 0.142. The number of carbonyl (C=O) groups excluding carboxylic acids is 3. The summed E-state index contributed by atoms with van der Waals surface area (Å²) >= 11 is 0. The zero-order valence-corrected chi connectivity index (χ0v) is 16.4. The van der Waals surface area contributed by atoms with Gasteiger partial charge in [0.1, 0.15) is 12.2 Å². The molecule has 0 spiro atoms. The zero-order valence-electron chi connectivity index (χ0n) is 15.6. The van der Waals surface area contributed by atoms with E-state index in [0.29, 0.717) is 0 Å². The van der Waals surface area contributed by atoms with Crippen LogP contribution in [0.5, 0.6) is 0 Å². The van der Waals surface area contributed by atoms with E-state index in [1.807, 2.05) is 4.72 Å². The lowest BCUT2D eigenvalue weighted by Gasteiger charge is -2.14. The summed E-state index contributed by atoms with van der Waals surface area (Å²) in [5.41, 5.74) is -0.215. The number of nitrogens with zero attached hydrogens (tertiary/aromatic N) is 3. The third kappa shape index (κ3) is 5.39. The minimum atomic E-state index is -4.25. The van der Waals surface area contributed by atoms with Crippen molar-refractivity contribution >= 4 is 39.3 Å². The number of rotatable bonds is 8. The number of benzene rings is 1. The largest absolute Gasteiger partial charge is 0.455 e. The molecule has 1 saturated heterocycles. The average molecular weight is 429 g/mol. The molecule has 2 N–H and O–H groups in total. The van der Waals surface area contributed by atoms with Gasteiger partial charge in [0.2, 0.25) is 10.0 Å². The Morgan fingerprint density at radius 3 is 2.62 bits per heavy atom. The highest BCUT2D eigenvalue weighted by Gasteiger charge is 2.27. The Balaban J connectivity index is 1.98. The van der Waals surface area contributed by atoms with Gasteiger partial charge in [0.15, 0.2) is 6.61 Å². The molecule has 0 bridgehead atoms. The van der Waals surface area contributed by atoms with Crippen molar-refractivity contribution in [1.29, 1.82) is 0 Å². The van der Waals surface area contributed by atoms with E-state index < -0.39 is 56.6 Å². The predicted molar refractivity (Wildman–Crippen MR) is 98.7 cm³/mol. The van der Waals surface area contributed by atoms with Crippen molar-refractivity contribution in [3.05, 3.63) is 28.3 Å². The number of anilines is 1. The number of amides is 3. The molecule has 1 heterocycles. The van der Waals surface area contributed by atoms with Crippen molar-refractivity contribution < 1.29 is 32.5 Å². The van der Waals surface area contributed by atoms with Gasteiger partial charge < -0.3 is 15.0 Å². The van der Waals surface area contributed by atoms with Crippen molar-refractivity contribution in [3.63, 3.8) is 0 Å². The molecule has 1 aliphatic heterocycles. The zero-order chi connectivity index (χ0) is 21.8. The molecule has 13 nitrogen and oxygen atoms in total. The van der Waals surface area contributed by atoms with Gasteiger partial charge in [0.25, 0.3) is 11.6 Å². The Labute approximate surface area is 165 Å². The fourth-order valence-corrected chi connectivity index (χ4v) is 3.40. The monoisotopic (exact) mass is 429 g/mol. The van der Waals surface area contributed by atoms with E-state index in [4.69, 9.17) is 0 Å². The third-order valence-corrected chi connectivity index (χ3v) is 5.26. The summed E-state index contributed by atoms with van der Waals surface area (Å²) in [5.74, 6) is -1.80. The number of imide groups is 1. The van der Waals surface area contributed by atoms with Crippen molar-refractivity contribution in [2.75, 3.05) is 45.2 Å². The highest BCUT2D eigenvalue weighted by atomic mass is 32.2. The highest BCUT2D eigenvalue weighted by molar-refractivity contribution is 7.89. The van der Waals surface area contributed by atoms with Gasteiger partial charge in [-0.3, -0.25) is 24.6 Å². The molecule has 0 aromatic heterocycles. The molecule has 1 fully saturated rings. The normalized spacial score (nSPS) is 13.7. The summed E-state index contributed by atoms with van der Waals surface area (Å²) in [6.45, 7) is -1.09. The van der Waals surface area contributed by atoms with Crippen LogP contribution in [0.2, 0.25) is 0 Å². The molecule has 0 aliphatic carbocycles. The van der Waals surface area contributed by atoms with Crippen LogP contribution in [0, 0.1) is 10.1 Å². The molecule has 29 heavy (non-hydrogen) atoms.